The average Bonchev–Trinajstić information content (AvgIpc) is 3.28. The van der Waals surface area contributed by atoms with E-state index in [1.54, 1.807) is 36.9 Å². The Kier molecular flexibility index (Phi) is 5.48. The molecule has 9 heteroatoms. The molecule has 8 nitrogen and oxygen atoms in total. The van der Waals surface area contributed by atoms with Crippen molar-refractivity contribution in [3.63, 3.8) is 0 Å². The van der Waals surface area contributed by atoms with Crippen molar-refractivity contribution < 1.29 is 4.74 Å². The Bertz CT molecular complexity index is 1300. The van der Waals surface area contributed by atoms with Crippen molar-refractivity contribution in [1.29, 1.82) is 0 Å². The van der Waals surface area contributed by atoms with Crippen molar-refractivity contribution in [2.24, 2.45) is 0 Å². The van der Waals surface area contributed by atoms with Crippen LogP contribution >= 0.6 is 11.3 Å². The third-order valence-corrected chi connectivity index (χ3v) is 6.97. The normalized spacial score (nSPS) is 14.2. The maximum absolute atomic E-state index is 12.3. The van der Waals surface area contributed by atoms with Crippen LogP contribution in [0.15, 0.2) is 53.6 Å². The van der Waals surface area contributed by atoms with E-state index in [0.29, 0.717) is 6.54 Å². The van der Waals surface area contributed by atoms with Crippen molar-refractivity contribution in [2.45, 2.75) is 13.5 Å². The van der Waals surface area contributed by atoms with Gasteiger partial charge in [0.25, 0.3) is 5.56 Å². The number of benzene rings is 1. The summed E-state index contributed by atoms with van der Waals surface area (Å²) in [5.41, 5.74) is 3.03. The summed E-state index contributed by atoms with van der Waals surface area (Å²) < 4.78 is 8.19. The Hall–Kier alpha value is -3.46. The number of methoxy groups -OCH3 is 1. The molecule has 0 amide bonds. The Balaban J connectivity index is 1.32. The third kappa shape index (κ3) is 3.91. The Morgan fingerprint density at radius 1 is 1.00 bits per heavy atom. The predicted octanol–water partition coefficient (Wildman–Crippen LogP) is 2.94. The van der Waals surface area contributed by atoms with E-state index in [1.807, 2.05) is 24.3 Å². The number of hydrogen-bond donors (Lipinski definition) is 0. The minimum atomic E-state index is -0.108. The van der Waals surface area contributed by atoms with Gasteiger partial charge in [0.1, 0.15) is 17.1 Å². The number of piperazine rings is 1. The first kappa shape index (κ1) is 20.4. The van der Waals surface area contributed by atoms with Crippen LogP contribution in [-0.4, -0.2) is 53.0 Å². The van der Waals surface area contributed by atoms with Gasteiger partial charge >= 0.3 is 0 Å². The Morgan fingerprint density at radius 2 is 1.75 bits per heavy atom. The highest BCUT2D eigenvalue weighted by Crippen LogP contribution is 2.36. The van der Waals surface area contributed by atoms with Gasteiger partial charge in [-0.3, -0.25) is 9.78 Å². The number of thiazole rings is 1. The average molecular weight is 449 g/mol. The van der Waals surface area contributed by atoms with Gasteiger partial charge in [-0.05, 0) is 42.3 Å². The lowest BCUT2D eigenvalue weighted by molar-refractivity contribution is 0.419. The van der Waals surface area contributed by atoms with Gasteiger partial charge in [0, 0.05) is 44.6 Å². The zero-order valence-corrected chi connectivity index (χ0v) is 18.9. The van der Waals surface area contributed by atoms with Gasteiger partial charge in [-0.15, -0.1) is 0 Å². The molecule has 0 bridgehead atoms. The monoisotopic (exact) mass is 448 g/mol. The summed E-state index contributed by atoms with van der Waals surface area (Å²) in [4.78, 5) is 25.7. The maximum Gasteiger partial charge on any atom is 0.267 e. The van der Waals surface area contributed by atoms with E-state index >= 15 is 0 Å². The molecule has 0 atom stereocenters. The van der Waals surface area contributed by atoms with E-state index in [1.165, 1.54) is 14.9 Å². The smallest absolute Gasteiger partial charge is 0.267 e. The summed E-state index contributed by atoms with van der Waals surface area (Å²) in [7, 11) is 1.68. The standard InChI is InChI=1S/C23H24N6O2S/c1-16-3-4-18(31-2)21-22(16)32-23(25-21)28-13-11-27(12-14-28)19-5-6-20(30)29(26-19)15-17-7-9-24-10-8-17/h3-10H,11-15H2,1-2H3. The molecule has 4 heterocycles. The summed E-state index contributed by atoms with van der Waals surface area (Å²) in [6.07, 6.45) is 3.45. The van der Waals surface area contributed by atoms with Crippen LogP contribution in [0.25, 0.3) is 10.2 Å². The molecular weight excluding hydrogens is 424 g/mol. The number of pyridine rings is 1. The molecular formula is C23H24N6O2S. The fourth-order valence-corrected chi connectivity index (χ4v) is 5.01. The van der Waals surface area contributed by atoms with Crippen molar-refractivity contribution in [1.82, 2.24) is 19.7 Å². The number of ether oxygens (including phenoxy) is 1. The molecule has 1 fully saturated rings. The number of anilines is 2. The van der Waals surface area contributed by atoms with E-state index in [9.17, 15) is 4.79 Å². The fraction of sp³-hybridized carbons (Fsp3) is 0.304. The molecule has 3 aromatic heterocycles. The van der Waals surface area contributed by atoms with Crippen LogP contribution in [-0.2, 0) is 6.54 Å². The highest BCUT2D eigenvalue weighted by Gasteiger charge is 2.22. The van der Waals surface area contributed by atoms with Gasteiger partial charge in [-0.25, -0.2) is 9.67 Å². The first-order chi connectivity index (χ1) is 15.6. The summed E-state index contributed by atoms with van der Waals surface area (Å²) in [6.45, 7) is 5.84. The molecule has 32 heavy (non-hydrogen) atoms. The zero-order valence-electron chi connectivity index (χ0n) is 18.1. The van der Waals surface area contributed by atoms with Crippen molar-refractivity contribution in [3.05, 3.63) is 70.3 Å². The van der Waals surface area contributed by atoms with E-state index in [2.05, 4.69) is 32.9 Å². The number of nitrogens with zero attached hydrogens (tertiary/aromatic N) is 6. The number of hydrogen-bond acceptors (Lipinski definition) is 8. The molecule has 0 radical (unpaired) electrons. The number of aromatic nitrogens is 4. The number of fused-ring (bicyclic) bond motifs is 1. The summed E-state index contributed by atoms with van der Waals surface area (Å²) >= 11 is 1.71. The highest BCUT2D eigenvalue weighted by molar-refractivity contribution is 7.22. The summed E-state index contributed by atoms with van der Waals surface area (Å²) in [5.74, 6) is 1.63. The third-order valence-electron chi connectivity index (χ3n) is 5.72. The van der Waals surface area contributed by atoms with Crippen LogP contribution in [0.3, 0.4) is 0 Å². The van der Waals surface area contributed by atoms with Crippen LogP contribution in [0.5, 0.6) is 5.75 Å². The minimum absolute atomic E-state index is 0.108. The molecule has 1 aliphatic rings. The van der Waals surface area contributed by atoms with Gasteiger partial charge in [-0.1, -0.05) is 17.4 Å². The minimum Gasteiger partial charge on any atom is -0.494 e. The van der Waals surface area contributed by atoms with Gasteiger partial charge in [0.05, 0.1) is 18.4 Å². The number of aryl methyl sites for hydroxylation is 1. The second kappa shape index (κ2) is 8.58. The summed E-state index contributed by atoms with van der Waals surface area (Å²) in [5, 5.41) is 5.64. The van der Waals surface area contributed by atoms with Gasteiger partial charge in [0.2, 0.25) is 0 Å². The first-order valence-corrected chi connectivity index (χ1v) is 11.3. The maximum atomic E-state index is 12.3. The molecule has 4 aromatic rings. The zero-order chi connectivity index (χ0) is 22.1. The SMILES string of the molecule is COc1ccc(C)c2sc(N3CCN(c4ccc(=O)n(Cc5ccncc5)n4)CC3)nc12. The quantitative estimate of drug-likeness (QED) is 0.465. The van der Waals surface area contributed by atoms with Gasteiger partial charge < -0.3 is 14.5 Å². The molecule has 1 aliphatic heterocycles. The molecule has 164 valence electrons. The molecule has 0 N–H and O–H groups in total. The van der Waals surface area contributed by atoms with Gasteiger partial charge in [-0.2, -0.15) is 5.10 Å². The Labute approximate surface area is 189 Å². The van der Waals surface area contributed by atoms with Crippen LogP contribution in [0, 0.1) is 6.92 Å². The van der Waals surface area contributed by atoms with Crippen molar-refractivity contribution >= 4 is 32.5 Å². The lowest BCUT2D eigenvalue weighted by Crippen LogP contribution is -2.47. The lowest BCUT2D eigenvalue weighted by atomic mass is 10.2. The van der Waals surface area contributed by atoms with Crippen LogP contribution in [0.1, 0.15) is 11.1 Å². The lowest BCUT2D eigenvalue weighted by Gasteiger charge is -2.35. The molecule has 0 unspecified atom stereocenters. The highest BCUT2D eigenvalue weighted by atomic mass is 32.1. The molecule has 1 aromatic carbocycles. The predicted molar refractivity (Wildman–Crippen MR) is 127 cm³/mol. The van der Waals surface area contributed by atoms with E-state index in [4.69, 9.17) is 9.72 Å². The molecule has 1 saturated heterocycles. The van der Waals surface area contributed by atoms with Crippen LogP contribution in [0.4, 0.5) is 10.9 Å². The number of rotatable bonds is 5. The molecule has 0 aliphatic carbocycles. The van der Waals surface area contributed by atoms with E-state index in [0.717, 1.165) is 54.0 Å². The molecule has 0 saturated carbocycles. The second-order valence-electron chi connectivity index (χ2n) is 7.78. The molecule has 5 rings (SSSR count). The first-order valence-electron chi connectivity index (χ1n) is 10.5. The molecule has 0 spiro atoms. The fourth-order valence-electron chi connectivity index (χ4n) is 3.91. The van der Waals surface area contributed by atoms with Crippen molar-refractivity contribution in [2.75, 3.05) is 43.1 Å². The second-order valence-corrected chi connectivity index (χ2v) is 8.75. The topological polar surface area (TPSA) is 76.4 Å². The van der Waals surface area contributed by atoms with E-state index < -0.39 is 0 Å². The summed E-state index contributed by atoms with van der Waals surface area (Å²) in [6, 6.07) is 11.3. The Morgan fingerprint density at radius 3 is 2.50 bits per heavy atom. The van der Waals surface area contributed by atoms with Crippen LogP contribution in [0.2, 0.25) is 0 Å². The van der Waals surface area contributed by atoms with Crippen molar-refractivity contribution in [3.8, 4) is 5.75 Å². The van der Waals surface area contributed by atoms with Gasteiger partial charge in [0.15, 0.2) is 5.13 Å². The van der Waals surface area contributed by atoms with E-state index in [-0.39, 0.29) is 5.56 Å². The van der Waals surface area contributed by atoms with Crippen LogP contribution < -0.4 is 20.1 Å². The largest absolute Gasteiger partial charge is 0.494 e.